The van der Waals surface area contributed by atoms with Gasteiger partial charge in [-0.1, -0.05) is 32.9 Å². The Kier molecular flexibility index (Phi) is 4.95. The molecule has 0 spiro atoms. The summed E-state index contributed by atoms with van der Waals surface area (Å²) in [5.41, 5.74) is 3.34. The summed E-state index contributed by atoms with van der Waals surface area (Å²) in [5.74, 6) is 0.499. The monoisotopic (exact) mass is 369 g/mol. The fourth-order valence-corrected chi connectivity index (χ4v) is 3.23. The number of hydrogen-bond donors (Lipinski definition) is 2. The highest BCUT2D eigenvalue weighted by molar-refractivity contribution is 5.89. The summed E-state index contributed by atoms with van der Waals surface area (Å²) in [6.45, 7) is 7.29. The maximum atomic E-state index is 12.7. The van der Waals surface area contributed by atoms with Crippen LogP contribution in [0.4, 0.5) is 16.4 Å². The first-order valence-electron chi connectivity index (χ1n) is 9.13. The number of anilines is 2. The Bertz CT molecular complexity index is 910. The van der Waals surface area contributed by atoms with Gasteiger partial charge in [-0.15, -0.1) is 0 Å². The lowest BCUT2D eigenvalue weighted by molar-refractivity contribution is 0.205. The number of aromatic nitrogens is 2. The zero-order valence-corrected chi connectivity index (χ0v) is 16.6. The van der Waals surface area contributed by atoms with Crippen LogP contribution in [0.3, 0.4) is 0 Å². The molecule has 1 aliphatic rings. The predicted molar refractivity (Wildman–Crippen MR) is 107 cm³/mol. The number of urea groups is 1. The minimum atomic E-state index is -0.183. The van der Waals surface area contributed by atoms with Gasteiger partial charge in [-0.2, -0.15) is 0 Å². The van der Waals surface area contributed by atoms with E-state index in [9.17, 15) is 9.59 Å². The van der Waals surface area contributed by atoms with Crippen molar-refractivity contribution in [3.05, 3.63) is 51.4 Å². The summed E-state index contributed by atoms with van der Waals surface area (Å²) < 4.78 is 1.51. The third-order valence-electron chi connectivity index (χ3n) is 4.96. The van der Waals surface area contributed by atoms with Crippen molar-refractivity contribution in [2.75, 3.05) is 24.2 Å². The highest BCUT2D eigenvalue weighted by atomic mass is 16.2. The van der Waals surface area contributed by atoms with Gasteiger partial charge in [-0.3, -0.25) is 9.36 Å². The molecule has 7 heteroatoms. The van der Waals surface area contributed by atoms with Crippen LogP contribution in [0.1, 0.15) is 37.6 Å². The van der Waals surface area contributed by atoms with Gasteiger partial charge in [0.2, 0.25) is 5.95 Å². The van der Waals surface area contributed by atoms with Crippen molar-refractivity contribution in [2.24, 2.45) is 7.05 Å². The average Bonchev–Trinajstić information content (AvgIpc) is 2.64. The third kappa shape index (κ3) is 3.82. The number of amides is 2. The molecule has 0 saturated heterocycles. The second-order valence-electron chi connectivity index (χ2n) is 7.90. The Morgan fingerprint density at radius 3 is 2.44 bits per heavy atom. The van der Waals surface area contributed by atoms with Crippen molar-refractivity contribution in [1.29, 1.82) is 0 Å². The number of nitrogens with one attached hydrogen (secondary N) is 2. The Balaban J connectivity index is 1.74. The van der Waals surface area contributed by atoms with E-state index in [2.05, 4.69) is 36.4 Å². The van der Waals surface area contributed by atoms with Gasteiger partial charge in [0.25, 0.3) is 5.56 Å². The van der Waals surface area contributed by atoms with E-state index in [-0.39, 0.29) is 17.0 Å². The molecule has 0 saturated carbocycles. The molecule has 0 radical (unpaired) electrons. The lowest BCUT2D eigenvalue weighted by Gasteiger charge is -2.28. The minimum Gasteiger partial charge on any atom is -0.359 e. The molecule has 0 fully saturated rings. The zero-order valence-electron chi connectivity index (χ0n) is 16.6. The number of fused-ring (bicyclic) bond motifs is 1. The number of hydrogen-bond acceptors (Lipinski definition) is 4. The molecule has 0 aliphatic carbocycles. The molecule has 2 aromatic rings. The summed E-state index contributed by atoms with van der Waals surface area (Å²) in [6, 6.07) is 7.72. The number of nitrogens with zero attached hydrogens (tertiary/aromatic N) is 3. The summed E-state index contributed by atoms with van der Waals surface area (Å²) in [4.78, 5) is 31.3. The minimum absolute atomic E-state index is 0.0535. The Hall–Kier alpha value is -2.83. The largest absolute Gasteiger partial charge is 0.359 e. The van der Waals surface area contributed by atoms with Crippen LogP contribution < -0.4 is 16.2 Å². The van der Waals surface area contributed by atoms with Crippen LogP contribution in [0.5, 0.6) is 0 Å². The zero-order chi connectivity index (χ0) is 19.8. The molecular weight excluding hydrogens is 342 g/mol. The van der Waals surface area contributed by atoms with Crippen LogP contribution in [0.15, 0.2) is 29.1 Å². The van der Waals surface area contributed by atoms with Crippen LogP contribution >= 0.6 is 0 Å². The molecule has 3 rings (SSSR count). The van der Waals surface area contributed by atoms with Gasteiger partial charge < -0.3 is 15.5 Å². The first-order valence-corrected chi connectivity index (χ1v) is 9.13. The maximum absolute atomic E-state index is 12.7. The summed E-state index contributed by atoms with van der Waals surface area (Å²) in [6.07, 6.45) is 0.509. The fraction of sp³-hybridized carbons (Fsp3) is 0.450. The highest BCUT2D eigenvalue weighted by Gasteiger charge is 2.25. The summed E-state index contributed by atoms with van der Waals surface area (Å²) in [7, 11) is 3.42. The molecule has 144 valence electrons. The predicted octanol–water partition coefficient (Wildman–Crippen LogP) is 2.71. The Labute approximate surface area is 159 Å². The molecule has 0 atom stereocenters. The number of rotatable bonds is 2. The molecule has 1 aliphatic heterocycles. The lowest BCUT2D eigenvalue weighted by Crippen LogP contribution is -2.42. The lowest BCUT2D eigenvalue weighted by atomic mass is 9.87. The van der Waals surface area contributed by atoms with Crippen LogP contribution in [0.2, 0.25) is 0 Å². The van der Waals surface area contributed by atoms with Gasteiger partial charge in [-0.25, -0.2) is 9.78 Å². The number of carbonyl (C=O) groups is 1. The summed E-state index contributed by atoms with van der Waals surface area (Å²) >= 11 is 0. The van der Waals surface area contributed by atoms with E-state index >= 15 is 0 Å². The quantitative estimate of drug-likeness (QED) is 0.853. The smallest absolute Gasteiger partial charge is 0.322 e. The van der Waals surface area contributed by atoms with E-state index in [0.29, 0.717) is 36.7 Å². The molecule has 2 N–H and O–H groups in total. The molecule has 0 bridgehead atoms. The first-order chi connectivity index (χ1) is 12.7. The van der Waals surface area contributed by atoms with Gasteiger partial charge in [-0.05, 0) is 29.5 Å². The van der Waals surface area contributed by atoms with Crippen LogP contribution in [0.25, 0.3) is 0 Å². The van der Waals surface area contributed by atoms with Crippen molar-refractivity contribution in [2.45, 2.75) is 39.2 Å². The van der Waals surface area contributed by atoms with E-state index in [4.69, 9.17) is 0 Å². The molecule has 1 aromatic heterocycles. The molecule has 0 unspecified atom stereocenters. The molecule has 2 heterocycles. The van der Waals surface area contributed by atoms with Crippen molar-refractivity contribution in [1.82, 2.24) is 14.5 Å². The van der Waals surface area contributed by atoms with E-state index in [1.165, 1.54) is 10.1 Å². The number of carbonyl (C=O) groups excluding carboxylic acids is 1. The van der Waals surface area contributed by atoms with Crippen LogP contribution in [-0.4, -0.2) is 34.1 Å². The van der Waals surface area contributed by atoms with Crippen LogP contribution in [0, 0.1) is 0 Å². The maximum Gasteiger partial charge on any atom is 0.322 e. The topological polar surface area (TPSA) is 79.3 Å². The van der Waals surface area contributed by atoms with Crippen molar-refractivity contribution in [3.8, 4) is 0 Å². The number of benzene rings is 1. The molecular formula is C20H27N5O2. The Morgan fingerprint density at radius 1 is 1.19 bits per heavy atom. The van der Waals surface area contributed by atoms with E-state index in [1.54, 1.807) is 19.0 Å². The van der Waals surface area contributed by atoms with Crippen molar-refractivity contribution in [3.63, 3.8) is 0 Å². The second kappa shape index (κ2) is 7.06. The van der Waals surface area contributed by atoms with Crippen molar-refractivity contribution >= 4 is 17.7 Å². The molecule has 7 nitrogen and oxygen atoms in total. The SMILES string of the molecule is CNc1nc2c(c(=O)n1C)CCN(C(=O)Nc1ccc(C(C)(C)C)cc1)C2. The fourth-order valence-electron chi connectivity index (χ4n) is 3.23. The van der Waals surface area contributed by atoms with Gasteiger partial charge in [0.05, 0.1) is 12.2 Å². The third-order valence-corrected chi connectivity index (χ3v) is 4.96. The van der Waals surface area contributed by atoms with E-state index in [0.717, 1.165) is 5.69 Å². The first kappa shape index (κ1) is 18.9. The average molecular weight is 369 g/mol. The standard InChI is InChI=1S/C20H27N5O2/c1-20(2,3)13-6-8-14(9-7-13)22-19(27)25-11-10-15-16(12-25)23-18(21-4)24(5)17(15)26/h6-9H,10-12H2,1-5H3,(H,21,23)(H,22,27). The van der Waals surface area contributed by atoms with Gasteiger partial charge >= 0.3 is 6.03 Å². The van der Waals surface area contributed by atoms with E-state index < -0.39 is 0 Å². The Morgan fingerprint density at radius 2 is 1.85 bits per heavy atom. The van der Waals surface area contributed by atoms with Crippen molar-refractivity contribution < 1.29 is 4.79 Å². The molecule has 1 aromatic carbocycles. The summed E-state index contributed by atoms with van der Waals surface area (Å²) in [5, 5.41) is 5.86. The van der Waals surface area contributed by atoms with Gasteiger partial charge in [0, 0.05) is 31.9 Å². The molecule has 2 amide bonds. The molecule has 27 heavy (non-hydrogen) atoms. The van der Waals surface area contributed by atoms with Crippen LogP contribution in [-0.2, 0) is 25.4 Å². The van der Waals surface area contributed by atoms with E-state index in [1.807, 2.05) is 24.3 Å². The second-order valence-corrected chi connectivity index (χ2v) is 7.90. The van der Waals surface area contributed by atoms with Gasteiger partial charge in [0.15, 0.2) is 0 Å². The highest BCUT2D eigenvalue weighted by Crippen LogP contribution is 2.24. The normalized spacial score (nSPS) is 13.9. The van der Waals surface area contributed by atoms with Gasteiger partial charge in [0.1, 0.15) is 0 Å².